The van der Waals surface area contributed by atoms with E-state index in [0.717, 1.165) is 16.6 Å². The Kier molecular flexibility index (Phi) is 5.21. The molecule has 1 amide bonds. The summed E-state index contributed by atoms with van der Waals surface area (Å²) in [7, 11) is 0. The molecule has 0 spiro atoms. The predicted octanol–water partition coefficient (Wildman–Crippen LogP) is 5.12. The van der Waals surface area contributed by atoms with Gasteiger partial charge in [-0.1, -0.05) is 29.3 Å². The summed E-state index contributed by atoms with van der Waals surface area (Å²) in [6.45, 7) is 7.79. The van der Waals surface area contributed by atoms with E-state index in [2.05, 4.69) is 15.4 Å². The van der Waals surface area contributed by atoms with Crippen molar-refractivity contribution in [2.45, 2.75) is 39.8 Å². The number of pyridine rings is 1. The molecule has 26 heavy (non-hydrogen) atoms. The Labute approximate surface area is 162 Å². The van der Waals surface area contributed by atoms with Crippen LogP contribution in [0, 0.1) is 6.92 Å². The van der Waals surface area contributed by atoms with Crippen LogP contribution in [0.4, 0.5) is 0 Å². The molecule has 1 N–H and O–H groups in total. The normalized spacial score (nSPS) is 12.6. The largest absolute Gasteiger partial charge is 0.345 e. The number of aryl methyl sites for hydroxylation is 1. The number of aromatic nitrogens is 3. The van der Waals surface area contributed by atoms with Gasteiger partial charge in [-0.2, -0.15) is 5.10 Å². The summed E-state index contributed by atoms with van der Waals surface area (Å²) in [5, 5.41) is 9.25. The molecule has 136 valence electrons. The lowest BCUT2D eigenvalue weighted by Crippen LogP contribution is -2.27. The fourth-order valence-corrected chi connectivity index (χ4v) is 3.45. The molecule has 0 saturated heterocycles. The summed E-state index contributed by atoms with van der Waals surface area (Å²) in [6.07, 6.45) is 1.73. The molecule has 0 aliphatic heterocycles. The van der Waals surface area contributed by atoms with Crippen LogP contribution in [0.15, 0.2) is 30.5 Å². The Morgan fingerprint density at radius 1 is 1.19 bits per heavy atom. The second-order valence-corrected chi connectivity index (χ2v) is 7.42. The van der Waals surface area contributed by atoms with Gasteiger partial charge in [0.2, 0.25) is 0 Å². The Bertz CT molecular complexity index is 981. The van der Waals surface area contributed by atoms with Gasteiger partial charge in [-0.15, -0.1) is 0 Å². The molecule has 5 nitrogen and oxygen atoms in total. The molecule has 7 heteroatoms. The topological polar surface area (TPSA) is 59.8 Å². The van der Waals surface area contributed by atoms with E-state index in [0.29, 0.717) is 21.3 Å². The fourth-order valence-electron chi connectivity index (χ4n) is 2.88. The molecule has 0 radical (unpaired) electrons. The van der Waals surface area contributed by atoms with Crippen molar-refractivity contribution in [3.05, 3.63) is 57.3 Å². The van der Waals surface area contributed by atoms with Crippen molar-refractivity contribution >= 4 is 40.1 Å². The molecule has 1 aromatic carbocycles. The maximum atomic E-state index is 12.8. The molecule has 1 atom stereocenters. The first-order valence-corrected chi connectivity index (χ1v) is 9.14. The molecule has 3 rings (SSSR count). The Hall–Kier alpha value is -2.11. The van der Waals surface area contributed by atoms with Crippen LogP contribution in [0.5, 0.6) is 0 Å². The van der Waals surface area contributed by atoms with Crippen molar-refractivity contribution in [3.63, 3.8) is 0 Å². The lowest BCUT2D eigenvalue weighted by Gasteiger charge is -2.17. The average Bonchev–Trinajstić information content (AvgIpc) is 2.96. The van der Waals surface area contributed by atoms with Gasteiger partial charge in [-0.3, -0.25) is 4.79 Å². The van der Waals surface area contributed by atoms with Crippen molar-refractivity contribution in [1.82, 2.24) is 20.1 Å². The second kappa shape index (κ2) is 7.25. The summed E-state index contributed by atoms with van der Waals surface area (Å²) in [4.78, 5) is 17.3. The summed E-state index contributed by atoms with van der Waals surface area (Å²) in [6, 6.07) is 7.00. The molecule has 2 aromatic heterocycles. The highest BCUT2D eigenvalue weighted by molar-refractivity contribution is 6.35. The summed E-state index contributed by atoms with van der Waals surface area (Å²) < 4.78 is 1.85. The lowest BCUT2D eigenvalue weighted by atomic mass is 10.1. The summed E-state index contributed by atoms with van der Waals surface area (Å²) in [5.74, 6) is -0.201. The van der Waals surface area contributed by atoms with Gasteiger partial charge >= 0.3 is 0 Å². The zero-order valence-corrected chi connectivity index (χ0v) is 16.6. The molecule has 0 bridgehead atoms. The van der Waals surface area contributed by atoms with Crippen LogP contribution in [0.3, 0.4) is 0 Å². The third kappa shape index (κ3) is 3.55. The number of carbonyl (C=O) groups is 1. The molecule has 0 unspecified atom stereocenters. The number of fused-ring (bicyclic) bond motifs is 1. The minimum Gasteiger partial charge on any atom is -0.345 e. The van der Waals surface area contributed by atoms with Gasteiger partial charge in [-0.05, 0) is 51.5 Å². The number of benzene rings is 1. The zero-order chi connectivity index (χ0) is 19.0. The number of rotatable bonds is 4. The van der Waals surface area contributed by atoms with E-state index < -0.39 is 0 Å². The van der Waals surface area contributed by atoms with Gasteiger partial charge in [0.15, 0.2) is 5.65 Å². The molecule has 2 heterocycles. The SMILES string of the molecule is Cc1nc2c(cnn2C(C)C)cc1C(=O)N[C@@H](C)c1ccc(Cl)cc1Cl. The van der Waals surface area contributed by atoms with E-state index in [4.69, 9.17) is 23.2 Å². The molecule has 0 saturated carbocycles. The first-order chi connectivity index (χ1) is 12.3. The highest BCUT2D eigenvalue weighted by Crippen LogP contribution is 2.27. The van der Waals surface area contributed by atoms with Gasteiger partial charge in [0.05, 0.1) is 23.5 Å². The van der Waals surface area contributed by atoms with Crippen LogP contribution in [-0.4, -0.2) is 20.7 Å². The van der Waals surface area contributed by atoms with Crippen LogP contribution < -0.4 is 5.32 Å². The molecule has 3 aromatic rings. The standard InChI is InChI=1S/C19H20Cl2N4O/c1-10(2)25-18-13(9-22-25)7-16(12(4)23-18)19(26)24-11(3)15-6-5-14(20)8-17(15)21/h5-11H,1-4H3,(H,24,26)/t11-/m0/s1. The summed E-state index contributed by atoms with van der Waals surface area (Å²) >= 11 is 12.2. The molecule has 0 aliphatic carbocycles. The Balaban J connectivity index is 1.88. The minimum absolute atomic E-state index is 0.200. The summed E-state index contributed by atoms with van der Waals surface area (Å²) in [5.41, 5.74) is 2.77. The molecule has 0 aliphatic rings. The van der Waals surface area contributed by atoms with Crippen LogP contribution in [0.2, 0.25) is 10.0 Å². The monoisotopic (exact) mass is 390 g/mol. The van der Waals surface area contributed by atoms with Crippen LogP contribution in [0.25, 0.3) is 11.0 Å². The first kappa shape index (κ1) is 18.7. The van der Waals surface area contributed by atoms with Crippen molar-refractivity contribution in [1.29, 1.82) is 0 Å². The van der Waals surface area contributed by atoms with Gasteiger partial charge < -0.3 is 5.32 Å². The third-order valence-corrected chi connectivity index (χ3v) is 4.83. The van der Waals surface area contributed by atoms with E-state index in [9.17, 15) is 4.79 Å². The Morgan fingerprint density at radius 3 is 2.58 bits per heavy atom. The van der Waals surface area contributed by atoms with E-state index in [1.807, 2.05) is 44.5 Å². The number of carbonyl (C=O) groups excluding carboxylic acids is 1. The van der Waals surface area contributed by atoms with Gasteiger partial charge in [-0.25, -0.2) is 9.67 Å². The molecule has 0 fully saturated rings. The number of halogens is 2. The third-order valence-electron chi connectivity index (χ3n) is 4.27. The van der Waals surface area contributed by atoms with Gasteiger partial charge in [0, 0.05) is 21.5 Å². The van der Waals surface area contributed by atoms with Crippen molar-refractivity contribution in [3.8, 4) is 0 Å². The van der Waals surface area contributed by atoms with E-state index in [1.165, 1.54) is 0 Å². The quantitative estimate of drug-likeness (QED) is 0.672. The number of hydrogen-bond donors (Lipinski definition) is 1. The van der Waals surface area contributed by atoms with Gasteiger partial charge in [0.1, 0.15) is 0 Å². The predicted molar refractivity (Wildman–Crippen MR) is 105 cm³/mol. The van der Waals surface area contributed by atoms with E-state index in [1.54, 1.807) is 18.3 Å². The number of nitrogens with zero attached hydrogens (tertiary/aromatic N) is 3. The van der Waals surface area contributed by atoms with E-state index >= 15 is 0 Å². The zero-order valence-electron chi connectivity index (χ0n) is 15.0. The first-order valence-electron chi connectivity index (χ1n) is 8.38. The van der Waals surface area contributed by atoms with Crippen molar-refractivity contribution < 1.29 is 4.79 Å². The minimum atomic E-state index is -0.263. The number of hydrogen-bond acceptors (Lipinski definition) is 3. The Morgan fingerprint density at radius 2 is 1.92 bits per heavy atom. The van der Waals surface area contributed by atoms with Gasteiger partial charge in [0.25, 0.3) is 5.91 Å². The molecular weight excluding hydrogens is 371 g/mol. The highest BCUT2D eigenvalue weighted by Gasteiger charge is 2.18. The van der Waals surface area contributed by atoms with Crippen molar-refractivity contribution in [2.24, 2.45) is 0 Å². The van der Waals surface area contributed by atoms with Crippen LogP contribution in [0.1, 0.15) is 54.5 Å². The number of nitrogens with one attached hydrogen (secondary N) is 1. The number of amides is 1. The van der Waals surface area contributed by atoms with E-state index in [-0.39, 0.29) is 18.0 Å². The van der Waals surface area contributed by atoms with Crippen molar-refractivity contribution in [2.75, 3.05) is 0 Å². The smallest absolute Gasteiger partial charge is 0.253 e. The van der Waals surface area contributed by atoms with Crippen LogP contribution >= 0.6 is 23.2 Å². The van der Waals surface area contributed by atoms with Crippen LogP contribution in [-0.2, 0) is 0 Å². The average molecular weight is 391 g/mol. The molecular formula is C19H20Cl2N4O. The highest BCUT2D eigenvalue weighted by atomic mass is 35.5. The maximum absolute atomic E-state index is 12.8. The maximum Gasteiger partial charge on any atom is 0.253 e. The lowest BCUT2D eigenvalue weighted by molar-refractivity contribution is 0.0939. The fraction of sp³-hybridized carbons (Fsp3) is 0.316. The second-order valence-electron chi connectivity index (χ2n) is 6.58.